The highest BCUT2D eigenvalue weighted by atomic mass is 32.1. The second-order valence-corrected chi connectivity index (χ2v) is 7.77. The lowest BCUT2D eigenvalue weighted by Crippen LogP contribution is -2.43. The fraction of sp³-hybridized carbons (Fsp3) is 0.333. The third-order valence-corrected chi connectivity index (χ3v) is 5.82. The van der Waals surface area contributed by atoms with Crippen LogP contribution in [0.25, 0.3) is 10.2 Å². The quantitative estimate of drug-likeness (QED) is 0.672. The lowest BCUT2D eigenvalue weighted by Gasteiger charge is -2.31. The van der Waals surface area contributed by atoms with E-state index in [1.807, 2.05) is 41.3 Å². The molecule has 1 aliphatic rings. The van der Waals surface area contributed by atoms with Crippen LogP contribution in [0.4, 0.5) is 10.5 Å². The zero-order valence-corrected chi connectivity index (χ0v) is 17.2. The second kappa shape index (κ2) is 8.57. The fourth-order valence-corrected chi connectivity index (χ4v) is 4.15. The molecule has 4 rings (SSSR count). The van der Waals surface area contributed by atoms with Crippen molar-refractivity contribution in [1.29, 1.82) is 0 Å². The Morgan fingerprint density at radius 2 is 1.86 bits per heavy atom. The van der Waals surface area contributed by atoms with Crippen LogP contribution in [0.1, 0.15) is 12.8 Å². The van der Waals surface area contributed by atoms with Gasteiger partial charge in [0.15, 0.2) is 0 Å². The number of aromatic nitrogens is 1. The zero-order valence-electron chi connectivity index (χ0n) is 16.4. The predicted octanol–water partition coefficient (Wildman–Crippen LogP) is 4.39. The van der Waals surface area contributed by atoms with E-state index in [0.717, 1.165) is 34.5 Å². The number of amides is 2. The lowest BCUT2D eigenvalue weighted by molar-refractivity contribution is 0.115. The van der Waals surface area contributed by atoms with E-state index in [1.165, 1.54) is 11.3 Å². The Labute approximate surface area is 173 Å². The van der Waals surface area contributed by atoms with Crippen LogP contribution >= 0.6 is 11.3 Å². The van der Waals surface area contributed by atoms with Crippen LogP contribution < -0.4 is 19.5 Å². The molecule has 0 bridgehead atoms. The van der Waals surface area contributed by atoms with Gasteiger partial charge in [0.05, 0.1) is 24.4 Å². The number of hydrogen-bond acceptors (Lipinski definition) is 6. The molecule has 1 saturated heterocycles. The monoisotopic (exact) mass is 413 g/mol. The van der Waals surface area contributed by atoms with Crippen molar-refractivity contribution in [2.75, 3.05) is 32.6 Å². The van der Waals surface area contributed by atoms with Crippen molar-refractivity contribution in [2.45, 2.75) is 18.9 Å². The molecule has 8 heteroatoms. The Hall–Kier alpha value is -3.00. The average molecular weight is 413 g/mol. The number of urea groups is 1. The number of hydrogen-bond donors (Lipinski definition) is 1. The first-order valence-electron chi connectivity index (χ1n) is 9.46. The van der Waals surface area contributed by atoms with Crippen LogP contribution in [-0.4, -0.2) is 49.3 Å². The maximum Gasteiger partial charge on any atom is 0.321 e. The average Bonchev–Trinajstić information content (AvgIpc) is 3.15. The van der Waals surface area contributed by atoms with Gasteiger partial charge in [-0.3, -0.25) is 0 Å². The van der Waals surface area contributed by atoms with Gasteiger partial charge in [0.1, 0.15) is 17.6 Å². The Morgan fingerprint density at radius 3 is 2.62 bits per heavy atom. The van der Waals surface area contributed by atoms with Gasteiger partial charge in [-0.25, -0.2) is 9.78 Å². The number of anilines is 1. The molecule has 0 radical (unpaired) electrons. The Bertz CT molecular complexity index is 999. The first-order chi connectivity index (χ1) is 14.1. The fourth-order valence-electron chi connectivity index (χ4n) is 3.29. The van der Waals surface area contributed by atoms with Crippen LogP contribution in [0.2, 0.25) is 0 Å². The molecule has 152 valence electrons. The summed E-state index contributed by atoms with van der Waals surface area (Å²) in [6.45, 7) is 1.28. The molecule has 1 fully saturated rings. The molecule has 1 N–H and O–H groups in total. The largest absolute Gasteiger partial charge is 0.497 e. The van der Waals surface area contributed by atoms with Crippen molar-refractivity contribution in [1.82, 2.24) is 9.88 Å². The molecule has 2 aromatic carbocycles. The Morgan fingerprint density at radius 1 is 1.10 bits per heavy atom. The van der Waals surface area contributed by atoms with E-state index >= 15 is 0 Å². The number of carbonyl (C=O) groups excluding carboxylic acids is 1. The van der Waals surface area contributed by atoms with E-state index in [0.29, 0.717) is 24.0 Å². The zero-order chi connectivity index (χ0) is 20.2. The smallest absolute Gasteiger partial charge is 0.321 e. The molecular formula is C21H23N3O4S. The molecule has 29 heavy (non-hydrogen) atoms. The normalized spacial score (nSPS) is 14.6. The van der Waals surface area contributed by atoms with Crippen LogP contribution in [0.3, 0.4) is 0 Å². The minimum Gasteiger partial charge on any atom is -0.497 e. The molecule has 1 aliphatic heterocycles. The number of rotatable bonds is 5. The summed E-state index contributed by atoms with van der Waals surface area (Å²) in [7, 11) is 3.25. The summed E-state index contributed by atoms with van der Waals surface area (Å²) < 4.78 is 17.6. The highest BCUT2D eigenvalue weighted by molar-refractivity contribution is 7.20. The summed E-state index contributed by atoms with van der Waals surface area (Å²) in [5, 5.41) is 3.58. The summed E-state index contributed by atoms with van der Waals surface area (Å²) >= 11 is 1.53. The highest BCUT2D eigenvalue weighted by Crippen LogP contribution is 2.32. The molecule has 0 saturated carbocycles. The molecule has 2 heterocycles. The summed E-state index contributed by atoms with van der Waals surface area (Å²) in [6, 6.07) is 13.1. The Kier molecular flexibility index (Phi) is 5.71. The van der Waals surface area contributed by atoms with E-state index in [9.17, 15) is 4.79 Å². The summed E-state index contributed by atoms with van der Waals surface area (Å²) in [5.41, 5.74) is 1.59. The van der Waals surface area contributed by atoms with Gasteiger partial charge in [0, 0.05) is 43.8 Å². The number of thiazole rings is 1. The van der Waals surface area contributed by atoms with E-state index < -0.39 is 0 Å². The van der Waals surface area contributed by atoms with E-state index in [-0.39, 0.29) is 12.1 Å². The van der Waals surface area contributed by atoms with Gasteiger partial charge >= 0.3 is 6.03 Å². The molecule has 0 aliphatic carbocycles. The predicted molar refractivity (Wildman–Crippen MR) is 113 cm³/mol. The first-order valence-corrected chi connectivity index (χ1v) is 10.3. The number of ether oxygens (including phenoxy) is 3. The molecule has 0 spiro atoms. The summed E-state index contributed by atoms with van der Waals surface area (Å²) in [4.78, 5) is 18.9. The number of piperidine rings is 1. The van der Waals surface area contributed by atoms with Gasteiger partial charge < -0.3 is 24.4 Å². The first kappa shape index (κ1) is 19.3. The maximum atomic E-state index is 12.5. The number of likely N-dealkylation sites (tertiary alicyclic amines) is 1. The summed E-state index contributed by atoms with van der Waals surface area (Å²) in [5.74, 6) is 1.49. The summed E-state index contributed by atoms with van der Waals surface area (Å²) in [6.07, 6.45) is 1.59. The number of nitrogens with one attached hydrogen (secondary N) is 1. The van der Waals surface area contributed by atoms with E-state index in [4.69, 9.17) is 14.2 Å². The number of benzene rings is 2. The molecular weight excluding hydrogens is 390 g/mol. The minimum absolute atomic E-state index is 0.0540. The van der Waals surface area contributed by atoms with E-state index in [2.05, 4.69) is 10.3 Å². The van der Waals surface area contributed by atoms with E-state index in [1.54, 1.807) is 20.3 Å². The third-order valence-electron chi connectivity index (χ3n) is 4.89. The number of methoxy groups -OCH3 is 2. The van der Waals surface area contributed by atoms with Gasteiger partial charge in [-0.15, -0.1) is 0 Å². The van der Waals surface area contributed by atoms with Crippen LogP contribution in [0, 0.1) is 0 Å². The number of nitrogens with zero attached hydrogens (tertiary/aromatic N) is 2. The van der Waals surface area contributed by atoms with Crippen molar-refractivity contribution in [3.63, 3.8) is 0 Å². The van der Waals surface area contributed by atoms with Gasteiger partial charge in [-0.2, -0.15) is 0 Å². The van der Waals surface area contributed by atoms with Gasteiger partial charge in [-0.1, -0.05) is 17.4 Å². The van der Waals surface area contributed by atoms with Crippen molar-refractivity contribution in [2.24, 2.45) is 0 Å². The van der Waals surface area contributed by atoms with Crippen molar-refractivity contribution in [3.05, 3.63) is 42.5 Å². The SMILES string of the molecule is COc1cccc(NC(=O)N2CCC(Oc3nc4cc(OC)ccc4s3)CC2)c1. The van der Waals surface area contributed by atoms with Crippen LogP contribution in [0.5, 0.6) is 16.7 Å². The molecule has 7 nitrogen and oxygen atoms in total. The Balaban J connectivity index is 1.31. The lowest BCUT2D eigenvalue weighted by atomic mass is 10.1. The third kappa shape index (κ3) is 4.54. The molecule has 0 atom stereocenters. The molecule has 1 aromatic heterocycles. The molecule has 3 aromatic rings. The number of carbonyl (C=O) groups is 1. The van der Waals surface area contributed by atoms with Crippen LogP contribution in [-0.2, 0) is 0 Å². The van der Waals surface area contributed by atoms with Crippen molar-refractivity contribution >= 4 is 33.3 Å². The molecule has 0 unspecified atom stereocenters. The van der Waals surface area contributed by atoms with Crippen molar-refractivity contribution in [3.8, 4) is 16.7 Å². The van der Waals surface area contributed by atoms with Crippen LogP contribution in [0.15, 0.2) is 42.5 Å². The highest BCUT2D eigenvalue weighted by Gasteiger charge is 2.25. The molecule has 2 amide bonds. The number of fused-ring (bicyclic) bond motifs is 1. The van der Waals surface area contributed by atoms with Gasteiger partial charge in [-0.05, 0) is 24.3 Å². The minimum atomic E-state index is -0.108. The van der Waals surface area contributed by atoms with Gasteiger partial charge in [0.25, 0.3) is 5.19 Å². The van der Waals surface area contributed by atoms with Gasteiger partial charge in [0.2, 0.25) is 0 Å². The topological polar surface area (TPSA) is 72.9 Å². The maximum absolute atomic E-state index is 12.5. The van der Waals surface area contributed by atoms with Crippen molar-refractivity contribution < 1.29 is 19.0 Å². The second-order valence-electron chi connectivity index (χ2n) is 6.78. The standard InChI is InChI=1S/C21H23N3O4S/c1-26-16-5-3-4-14(12-16)22-20(25)24-10-8-15(9-11-24)28-21-23-18-13-17(27-2)6-7-19(18)29-21/h3-7,12-13,15H,8-11H2,1-2H3,(H,22,25).